The summed E-state index contributed by atoms with van der Waals surface area (Å²) in [4.78, 5) is 0. The SMILES string of the molecule is C1=C2CC3COCC3CC2CCC1. The van der Waals surface area contributed by atoms with E-state index in [0.29, 0.717) is 0 Å². The lowest BCUT2D eigenvalue weighted by Gasteiger charge is -2.35. The van der Waals surface area contributed by atoms with Crippen molar-refractivity contribution in [3.8, 4) is 0 Å². The summed E-state index contributed by atoms with van der Waals surface area (Å²) in [6, 6.07) is 0. The van der Waals surface area contributed by atoms with Gasteiger partial charge in [0.25, 0.3) is 0 Å². The number of fused-ring (bicyclic) bond motifs is 2. The van der Waals surface area contributed by atoms with Crippen molar-refractivity contribution in [1.82, 2.24) is 0 Å². The zero-order valence-electron chi connectivity index (χ0n) is 8.17. The highest BCUT2D eigenvalue weighted by Crippen LogP contribution is 2.44. The van der Waals surface area contributed by atoms with E-state index in [9.17, 15) is 0 Å². The van der Waals surface area contributed by atoms with Gasteiger partial charge in [-0.2, -0.15) is 0 Å². The normalized spacial score (nSPS) is 43.7. The Morgan fingerprint density at radius 1 is 1.23 bits per heavy atom. The molecule has 0 aromatic rings. The fourth-order valence-corrected chi connectivity index (χ4v) is 3.32. The third-order valence-corrected chi connectivity index (χ3v) is 4.10. The average molecular weight is 178 g/mol. The Labute approximate surface area is 80.2 Å². The minimum absolute atomic E-state index is 0.876. The first-order valence-corrected chi connectivity index (χ1v) is 5.70. The molecular formula is C12H18O. The molecule has 1 heteroatoms. The zero-order chi connectivity index (χ0) is 8.67. The molecule has 3 aliphatic rings. The predicted octanol–water partition coefficient (Wildman–Crippen LogP) is 2.77. The van der Waals surface area contributed by atoms with Crippen LogP contribution in [0, 0.1) is 17.8 Å². The molecule has 0 radical (unpaired) electrons. The highest BCUT2D eigenvalue weighted by molar-refractivity contribution is 5.15. The second kappa shape index (κ2) is 3.13. The second-order valence-electron chi connectivity index (χ2n) is 4.90. The summed E-state index contributed by atoms with van der Waals surface area (Å²) in [5, 5.41) is 0. The van der Waals surface area contributed by atoms with Crippen molar-refractivity contribution in [1.29, 1.82) is 0 Å². The van der Waals surface area contributed by atoms with Crippen LogP contribution < -0.4 is 0 Å². The number of rotatable bonds is 0. The van der Waals surface area contributed by atoms with E-state index >= 15 is 0 Å². The van der Waals surface area contributed by atoms with Crippen molar-refractivity contribution in [2.45, 2.75) is 32.1 Å². The molecule has 1 nitrogen and oxygen atoms in total. The molecule has 1 aliphatic heterocycles. The molecule has 72 valence electrons. The van der Waals surface area contributed by atoms with Gasteiger partial charge in [0, 0.05) is 6.61 Å². The molecule has 1 saturated heterocycles. The Bertz CT molecular complexity index is 231. The summed E-state index contributed by atoms with van der Waals surface area (Å²) in [5.74, 6) is 2.72. The van der Waals surface area contributed by atoms with E-state index in [4.69, 9.17) is 4.74 Å². The van der Waals surface area contributed by atoms with Crippen LogP contribution in [0.15, 0.2) is 11.6 Å². The lowest BCUT2D eigenvalue weighted by atomic mass is 9.69. The van der Waals surface area contributed by atoms with E-state index < -0.39 is 0 Å². The smallest absolute Gasteiger partial charge is 0.0500 e. The zero-order valence-corrected chi connectivity index (χ0v) is 8.17. The van der Waals surface area contributed by atoms with Gasteiger partial charge < -0.3 is 4.74 Å². The standard InChI is InChI=1S/C12H18O/c1-2-4-10-6-12-8-13-7-11(12)5-9(10)3-1/h3,10-12H,1-2,4-8H2. The molecular weight excluding hydrogens is 160 g/mol. The van der Waals surface area contributed by atoms with Gasteiger partial charge in [0.1, 0.15) is 0 Å². The summed E-state index contributed by atoms with van der Waals surface area (Å²) < 4.78 is 5.57. The van der Waals surface area contributed by atoms with Gasteiger partial charge in [-0.3, -0.25) is 0 Å². The topological polar surface area (TPSA) is 9.23 Å². The Morgan fingerprint density at radius 2 is 2.15 bits per heavy atom. The number of hydrogen-bond donors (Lipinski definition) is 0. The Morgan fingerprint density at radius 3 is 3.15 bits per heavy atom. The van der Waals surface area contributed by atoms with E-state index in [1.165, 1.54) is 32.1 Å². The van der Waals surface area contributed by atoms with Crippen LogP contribution in [0.3, 0.4) is 0 Å². The lowest BCUT2D eigenvalue weighted by Crippen LogP contribution is -2.26. The van der Waals surface area contributed by atoms with Crippen molar-refractivity contribution in [3.63, 3.8) is 0 Å². The number of hydrogen-bond acceptors (Lipinski definition) is 1. The fourth-order valence-electron chi connectivity index (χ4n) is 3.32. The first kappa shape index (κ1) is 8.05. The van der Waals surface area contributed by atoms with Crippen molar-refractivity contribution < 1.29 is 4.74 Å². The molecule has 0 aromatic carbocycles. The molecule has 0 aromatic heterocycles. The van der Waals surface area contributed by atoms with Crippen LogP contribution in [0.25, 0.3) is 0 Å². The minimum atomic E-state index is 0.876. The number of ether oxygens (including phenoxy) is 1. The van der Waals surface area contributed by atoms with Gasteiger partial charge in [0.15, 0.2) is 0 Å². The van der Waals surface area contributed by atoms with Crippen LogP contribution in [0.1, 0.15) is 32.1 Å². The van der Waals surface area contributed by atoms with Crippen molar-refractivity contribution in [2.24, 2.45) is 17.8 Å². The molecule has 2 fully saturated rings. The number of allylic oxidation sites excluding steroid dienone is 2. The van der Waals surface area contributed by atoms with Crippen molar-refractivity contribution in [2.75, 3.05) is 13.2 Å². The monoisotopic (exact) mass is 178 g/mol. The molecule has 2 aliphatic carbocycles. The summed E-state index contributed by atoms with van der Waals surface area (Å²) in [6.07, 6.45) is 9.51. The van der Waals surface area contributed by atoms with Crippen molar-refractivity contribution >= 4 is 0 Å². The molecule has 0 N–H and O–H groups in total. The summed E-state index contributed by atoms with van der Waals surface area (Å²) in [7, 11) is 0. The fraction of sp³-hybridized carbons (Fsp3) is 0.833. The second-order valence-corrected chi connectivity index (χ2v) is 4.90. The van der Waals surface area contributed by atoms with E-state index in [1.54, 1.807) is 5.57 Å². The highest BCUT2D eigenvalue weighted by atomic mass is 16.5. The quantitative estimate of drug-likeness (QED) is 0.518. The molecule has 0 spiro atoms. The molecule has 1 saturated carbocycles. The van der Waals surface area contributed by atoms with E-state index in [1.807, 2.05) is 0 Å². The molecule has 1 heterocycles. The van der Waals surface area contributed by atoms with Gasteiger partial charge >= 0.3 is 0 Å². The average Bonchev–Trinajstić information content (AvgIpc) is 2.61. The molecule has 13 heavy (non-hydrogen) atoms. The molecule has 0 bridgehead atoms. The molecule has 3 rings (SSSR count). The summed E-state index contributed by atoms with van der Waals surface area (Å²) in [5.41, 5.74) is 1.78. The predicted molar refractivity (Wildman–Crippen MR) is 52.5 cm³/mol. The molecule has 3 unspecified atom stereocenters. The summed E-state index contributed by atoms with van der Waals surface area (Å²) >= 11 is 0. The first-order valence-electron chi connectivity index (χ1n) is 5.70. The van der Waals surface area contributed by atoms with Gasteiger partial charge in [-0.25, -0.2) is 0 Å². The largest absolute Gasteiger partial charge is 0.381 e. The Kier molecular flexibility index (Phi) is 1.93. The van der Waals surface area contributed by atoms with Crippen LogP contribution in [0.2, 0.25) is 0 Å². The van der Waals surface area contributed by atoms with Gasteiger partial charge in [-0.15, -0.1) is 0 Å². The van der Waals surface area contributed by atoms with Crippen molar-refractivity contribution in [3.05, 3.63) is 11.6 Å². The third-order valence-electron chi connectivity index (χ3n) is 4.10. The Hall–Kier alpha value is -0.300. The van der Waals surface area contributed by atoms with Gasteiger partial charge in [-0.1, -0.05) is 11.6 Å². The Balaban J connectivity index is 1.80. The maximum absolute atomic E-state index is 5.57. The highest BCUT2D eigenvalue weighted by Gasteiger charge is 2.37. The third kappa shape index (κ3) is 1.34. The lowest BCUT2D eigenvalue weighted by molar-refractivity contribution is 0.180. The maximum atomic E-state index is 5.57. The molecule has 3 atom stereocenters. The van der Waals surface area contributed by atoms with Gasteiger partial charge in [0.2, 0.25) is 0 Å². The van der Waals surface area contributed by atoms with E-state index in [-0.39, 0.29) is 0 Å². The van der Waals surface area contributed by atoms with Gasteiger partial charge in [-0.05, 0) is 49.9 Å². The maximum Gasteiger partial charge on any atom is 0.0500 e. The first-order chi connectivity index (χ1) is 6.43. The van der Waals surface area contributed by atoms with Crippen LogP contribution in [0.4, 0.5) is 0 Å². The van der Waals surface area contributed by atoms with Crippen LogP contribution in [0.5, 0.6) is 0 Å². The summed E-state index contributed by atoms with van der Waals surface area (Å²) in [6.45, 7) is 2.09. The van der Waals surface area contributed by atoms with Crippen LogP contribution >= 0.6 is 0 Å². The van der Waals surface area contributed by atoms with E-state index in [0.717, 1.165) is 31.0 Å². The molecule has 0 amide bonds. The van der Waals surface area contributed by atoms with E-state index in [2.05, 4.69) is 6.08 Å². The minimum Gasteiger partial charge on any atom is -0.381 e. The van der Waals surface area contributed by atoms with Crippen LogP contribution in [-0.2, 0) is 4.74 Å². The van der Waals surface area contributed by atoms with Gasteiger partial charge in [0.05, 0.1) is 6.61 Å². The van der Waals surface area contributed by atoms with Crippen LogP contribution in [-0.4, -0.2) is 13.2 Å².